The lowest BCUT2D eigenvalue weighted by atomic mass is 9.78. The second kappa shape index (κ2) is 21.5. The molecule has 14 nitrogen and oxygen atoms in total. The van der Waals surface area contributed by atoms with Crippen LogP contribution < -0.4 is 10.6 Å². The zero-order valence-electron chi connectivity index (χ0n) is 41.9. The Balaban J connectivity index is 0.897. The summed E-state index contributed by atoms with van der Waals surface area (Å²) in [7, 11) is 2.65. The van der Waals surface area contributed by atoms with E-state index in [1.54, 1.807) is 6.20 Å². The van der Waals surface area contributed by atoms with Crippen molar-refractivity contribution in [2.45, 2.75) is 167 Å². The first kappa shape index (κ1) is 49.0. The number of aromatic amines is 2. The molecule has 70 heavy (non-hydrogen) atoms. The highest BCUT2D eigenvalue weighted by atomic mass is 16.5. The molecule has 4 amide bonds. The van der Waals surface area contributed by atoms with Gasteiger partial charge in [0.2, 0.25) is 11.8 Å². The third kappa shape index (κ3) is 10.5. The van der Waals surface area contributed by atoms with Gasteiger partial charge in [0.05, 0.1) is 38.7 Å². The number of carbonyl (C=O) groups excluding carboxylic acids is 4. The van der Waals surface area contributed by atoms with Gasteiger partial charge < -0.3 is 39.9 Å². The molecule has 0 unspecified atom stereocenters. The second-order valence-corrected chi connectivity index (χ2v) is 21.5. The summed E-state index contributed by atoms with van der Waals surface area (Å²) >= 11 is 0. The van der Waals surface area contributed by atoms with Gasteiger partial charge in [-0.3, -0.25) is 9.59 Å². The Labute approximate surface area is 413 Å². The molecule has 10 aliphatic rings. The molecule has 4 bridgehead atoms. The second-order valence-electron chi connectivity index (χ2n) is 21.5. The van der Waals surface area contributed by atoms with Crippen LogP contribution in [0.2, 0.25) is 0 Å². The summed E-state index contributed by atoms with van der Waals surface area (Å²) in [4.78, 5) is 74.0. The SMILES string of the molecule is COC(=O)N[C@H](C(=O)N1[C@H](c2ncc(C#CC3=CC4=CC[C@@H]3CC[C@@H]3C=CC(=C(C#Cc5cnc([C@@H]6C[C@@H]7CCCC[C@@H]7N6C(=O)[C@@H](NC(=O)OC)C(C)C)[nH]5)C3)CC4)[nH]2)C[C@@H]2CCCC[C@@H]21)C(C)C. The summed E-state index contributed by atoms with van der Waals surface area (Å²) in [5.74, 6) is 16.6. The average molecular weight is 953 g/mol. The van der Waals surface area contributed by atoms with Gasteiger partial charge in [-0.05, 0) is 136 Å². The Morgan fingerprint density at radius 3 is 1.79 bits per heavy atom. The largest absolute Gasteiger partial charge is 0.453 e. The van der Waals surface area contributed by atoms with Crippen LogP contribution in [0.3, 0.4) is 0 Å². The summed E-state index contributed by atoms with van der Waals surface area (Å²) in [5.41, 5.74) is 6.38. The fourth-order valence-electron chi connectivity index (χ4n) is 12.6. The molecule has 12 rings (SSSR count). The maximum Gasteiger partial charge on any atom is 0.407 e. The highest BCUT2D eigenvalue weighted by Crippen LogP contribution is 2.48. The number of methoxy groups -OCH3 is 2. The normalized spacial score (nSPS) is 27.9. The van der Waals surface area contributed by atoms with Gasteiger partial charge in [-0.1, -0.05) is 89.0 Å². The van der Waals surface area contributed by atoms with Crippen LogP contribution in [-0.2, 0) is 19.1 Å². The van der Waals surface area contributed by atoms with E-state index < -0.39 is 24.3 Å². The first-order valence-electron chi connectivity index (χ1n) is 26.2. The number of amides is 4. The Bertz CT molecular complexity index is 2560. The molecule has 0 spiro atoms. The average Bonchev–Trinajstić information content (AvgIpc) is 4.19. The maximum atomic E-state index is 14.3. The minimum atomic E-state index is -0.692. The molecule has 10 atom stereocenters. The molecule has 8 aliphatic carbocycles. The number of aromatic nitrogens is 4. The molecular formula is C56H72N8O6. The number of allylic oxidation sites excluding steroid dienone is 8. The van der Waals surface area contributed by atoms with Crippen LogP contribution in [0.1, 0.15) is 166 Å². The fraction of sp³-hybridized carbons (Fsp3) is 0.607. The van der Waals surface area contributed by atoms with Crippen molar-refractivity contribution in [1.29, 1.82) is 0 Å². The predicted octanol–water partition coefficient (Wildman–Crippen LogP) is 9.28. The van der Waals surface area contributed by atoms with Crippen LogP contribution in [0.4, 0.5) is 9.59 Å². The van der Waals surface area contributed by atoms with Crippen molar-refractivity contribution in [3.63, 3.8) is 0 Å². The van der Waals surface area contributed by atoms with Crippen LogP contribution in [0, 0.1) is 59.2 Å². The first-order chi connectivity index (χ1) is 33.9. The van der Waals surface area contributed by atoms with E-state index in [0.29, 0.717) is 23.7 Å². The standard InChI is InChI=1S/C56H72N8O6/c1-33(2)49(61-55(67)69-5)53(65)63-45-13-9-7-11-41(45)29-47(63)51-57-31-43(59-51)25-23-39-27-35-15-19-37(39)21-17-36-16-20-38(22-18-35)40(28-36)24-26-44-32-58-52(60-44)48-30-42-12-8-10-14-46(42)64(48)54(66)50(34(3)4)62-56(68)70-6/h15-16,19,28,31-35,38,41-42,45-50H,7-14,17-18,20-22,27,29-30H2,1-6H3,(H,57,59)(H,58,60)(H,61,67)(H,62,68)/t35-,38+,41-,42-,45-,46-,47-,48-,49-,50-/m0/s1. The minimum absolute atomic E-state index is 0.0793. The number of hydrogen-bond acceptors (Lipinski definition) is 8. The van der Waals surface area contributed by atoms with E-state index in [1.807, 2.05) is 43.7 Å². The Morgan fingerprint density at radius 1 is 0.700 bits per heavy atom. The Morgan fingerprint density at radius 2 is 1.24 bits per heavy atom. The molecule has 2 aromatic rings. The molecule has 2 saturated heterocycles. The number of hydrogen-bond donors (Lipinski definition) is 4. The number of imidazole rings is 2. The number of carbonyl (C=O) groups is 4. The molecule has 2 aliphatic heterocycles. The minimum Gasteiger partial charge on any atom is -0.453 e. The number of rotatable bonds is 8. The van der Waals surface area contributed by atoms with E-state index >= 15 is 0 Å². The summed E-state index contributed by atoms with van der Waals surface area (Å²) in [6, 6.07) is -1.58. The molecule has 4 fully saturated rings. The van der Waals surface area contributed by atoms with Gasteiger partial charge in [-0.25, -0.2) is 19.6 Å². The van der Waals surface area contributed by atoms with Gasteiger partial charge >= 0.3 is 12.2 Å². The van der Waals surface area contributed by atoms with E-state index in [4.69, 9.17) is 19.4 Å². The number of ether oxygens (including phenoxy) is 2. The zero-order valence-corrected chi connectivity index (χ0v) is 41.9. The van der Waals surface area contributed by atoms with Crippen molar-refractivity contribution < 1.29 is 28.7 Å². The molecule has 372 valence electrons. The van der Waals surface area contributed by atoms with Crippen LogP contribution in [0.25, 0.3) is 0 Å². The lowest BCUT2D eigenvalue weighted by Crippen LogP contribution is -2.53. The van der Waals surface area contributed by atoms with Crippen molar-refractivity contribution in [1.82, 2.24) is 40.4 Å². The number of likely N-dealkylation sites (tertiary alicyclic amines) is 2. The molecular weight excluding hydrogens is 881 g/mol. The molecule has 0 aromatic carbocycles. The van der Waals surface area contributed by atoms with Crippen molar-refractivity contribution in [3.05, 3.63) is 82.0 Å². The van der Waals surface area contributed by atoms with Crippen molar-refractivity contribution in [3.8, 4) is 23.7 Å². The van der Waals surface area contributed by atoms with Crippen molar-refractivity contribution in [2.75, 3.05) is 14.2 Å². The van der Waals surface area contributed by atoms with Crippen LogP contribution in [0.15, 0.2) is 59.0 Å². The van der Waals surface area contributed by atoms with E-state index in [9.17, 15) is 19.2 Å². The maximum absolute atomic E-state index is 14.3. The lowest BCUT2D eigenvalue weighted by molar-refractivity contribution is -0.139. The highest BCUT2D eigenvalue weighted by Gasteiger charge is 2.50. The van der Waals surface area contributed by atoms with Gasteiger partial charge in [0.15, 0.2) is 0 Å². The summed E-state index contributed by atoms with van der Waals surface area (Å²) < 4.78 is 9.79. The summed E-state index contributed by atoms with van der Waals surface area (Å²) in [6.45, 7) is 7.80. The van der Waals surface area contributed by atoms with Gasteiger partial charge in [-0.15, -0.1) is 0 Å². The van der Waals surface area contributed by atoms with Gasteiger partial charge in [0, 0.05) is 23.2 Å². The van der Waals surface area contributed by atoms with E-state index in [-0.39, 0.29) is 47.8 Å². The number of H-pyrrole nitrogens is 2. The lowest BCUT2D eigenvalue weighted by Gasteiger charge is -2.36. The topological polar surface area (TPSA) is 175 Å². The van der Waals surface area contributed by atoms with E-state index in [2.05, 4.69) is 68.6 Å². The first-order valence-corrected chi connectivity index (χ1v) is 26.2. The number of nitrogens with one attached hydrogen (secondary N) is 4. The van der Waals surface area contributed by atoms with E-state index in [1.165, 1.54) is 30.9 Å². The van der Waals surface area contributed by atoms with Gasteiger partial charge in [0.25, 0.3) is 0 Å². The molecule has 0 radical (unpaired) electrons. The molecule has 4 heterocycles. The molecule has 4 N–H and O–H groups in total. The Hall–Kier alpha value is -6.02. The third-order valence-corrected chi connectivity index (χ3v) is 16.4. The molecule has 2 saturated carbocycles. The van der Waals surface area contributed by atoms with Crippen molar-refractivity contribution in [2.24, 2.45) is 35.5 Å². The quantitative estimate of drug-likeness (QED) is 0.190. The zero-order chi connectivity index (χ0) is 49.1. The van der Waals surface area contributed by atoms with Gasteiger partial charge in [0.1, 0.15) is 35.1 Å². The van der Waals surface area contributed by atoms with E-state index in [0.717, 1.165) is 131 Å². The predicted molar refractivity (Wildman–Crippen MR) is 266 cm³/mol. The van der Waals surface area contributed by atoms with Crippen LogP contribution >= 0.6 is 0 Å². The number of alkyl carbamates (subject to hydrolysis) is 2. The number of nitrogens with zero attached hydrogens (tertiary/aromatic N) is 4. The third-order valence-electron chi connectivity index (χ3n) is 16.4. The van der Waals surface area contributed by atoms with Gasteiger partial charge in [-0.2, -0.15) is 0 Å². The summed E-state index contributed by atoms with van der Waals surface area (Å²) in [5, 5.41) is 5.62. The fourth-order valence-corrected chi connectivity index (χ4v) is 12.6. The van der Waals surface area contributed by atoms with Crippen molar-refractivity contribution >= 4 is 24.0 Å². The number of fused-ring (bicyclic) bond motifs is 2. The molecule has 14 heteroatoms. The Kier molecular flexibility index (Phi) is 15.1. The smallest absolute Gasteiger partial charge is 0.407 e. The van der Waals surface area contributed by atoms with Crippen LogP contribution in [-0.4, -0.2) is 92.1 Å². The summed E-state index contributed by atoms with van der Waals surface area (Å²) in [6.07, 6.45) is 27.7. The monoisotopic (exact) mass is 953 g/mol. The van der Waals surface area contributed by atoms with Crippen LogP contribution in [0.5, 0.6) is 0 Å². The molecule has 2 aromatic heterocycles. The highest BCUT2D eigenvalue weighted by molar-refractivity contribution is 5.87.